The van der Waals surface area contributed by atoms with Gasteiger partial charge < -0.3 is 10.3 Å². The van der Waals surface area contributed by atoms with Crippen molar-refractivity contribution < 1.29 is 9.59 Å². The van der Waals surface area contributed by atoms with E-state index in [1.807, 2.05) is 30.5 Å². The summed E-state index contributed by atoms with van der Waals surface area (Å²) in [5.41, 5.74) is 5.66. The first kappa shape index (κ1) is 18.9. The van der Waals surface area contributed by atoms with E-state index >= 15 is 0 Å². The van der Waals surface area contributed by atoms with Gasteiger partial charge in [-0.15, -0.1) is 0 Å². The molecule has 29 heavy (non-hydrogen) atoms. The van der Waals surface area contributed by atoms with Crippen molar-refractivity contribution in [1.29, 1.82) is 0 Å². The smallest absolute Gasteiger partial charge is 0.271 e. The van der Waals surface area contributed by atoms with Gasteiger partial charge in [0.15, 0.2) is 0 Å². The average molecular weight is 388 g/mol. The maximum absolute atomic E-state index is 12.3. The molecular weight excluding hydrogens is 364 g/mol. The van der Waals surface area contributed by atoms with Gasteiger partial charge in [0.2, 0.25) is 5.91 Å². The highest BCUT2D eigenvalue weighted by Gasteiger charge is 2.21. The van der Waals surface area contributed by atoms with Crippen LogP contribution in [0.25, 0.3) is 10.9 Å². The van der Waals surface area contributed by atoms with Crippen LogP contribution in [0.1, 0.15) is 48.0 Å². The number of hydrogen-bond donors (Lipinski definition) is 3. The Hall–Kier alpha value is -3.41. The van der Waals surface area contributed by atoms with Crippen molar-refractivity contribution in [3.05, 3.63) is 65.9 Å². The second-order valence-corrected chi connectivity index (χ2v) is 7.39. The highest BCUT2D eigenvalue weighted by Crippen LogP contribution is 2.25. The van der Waals surface area contributed by atoms with Gasteiger partial charge in [0.25, 0.3) is 5.91 Å². The number of carbonyl (C=O) groups excluding carboxylic acids is 2. The highest BCUT2D eigenvalue weighted by molar-refractivity contribution is 6.00. The number of aromatic nitrogens is 1. The Balaban J connectivity index is 1.33. The molecule has 6 nitrogen and oxygen atoms in total. The maximum Gasteiger partial charge on any atom is 0.271 e. The van der Waals surface area contributed by atoms with Crippen LogP contribution in [0.4, 0.5) is 5.69 Å². The van der Waals surface area contributed by atoms with Crippen molar-refractivity contribution in [1.82, 2.24) is 10.4 Å². The molecule has 0 spiro atoms. The minimum Gasteiger partial charge on any atom is -0.361 e. The summed E-state index contributed by atoms with van der Waals surface area (Å²) in [4.78, 5) is 27.8. The van der Waals surface area contributed by atoms with Crippen molar-refractivity contribution >= 4 is 34.6 Å². The van der Waals surface area contributed by atoms with E-state index in [1.54, 1.807) is 30.5 Å². The molecule has 2 aromatic carbocycles. The van der Waals surface area contributed by atoms with E-state index in [4.69, 9.17) is 0 Å². The van der Waals surface area contributed by atoms with Gasteiger partial charge in [0, 0.05) is 39.8 Å². The lowest BCUT2D eigenvalue weighted by atomic mass is 9.88. The van der Waals surface area contributed by atoms with Crippen LogP contribution in [0.2, 0.25) is 0 Å². The predicted octanol–water partition coefficient (Wildman–Crippen LogP) is 4.45. The minimum atomic E-state index is -0.300. The van der Waals surface area contributed by atoms with Crippen molar-refractivity contribution in [3.8, 4) is 0 Å². The molecule has 0 saturated heterocycles. The summed E-state index contributed by atoms with van der Waals surface area (Å²) in [6.07, 6.45) is 8.85. The van der Waals surface area contributed by atoms with Crippen molar-refractivity contribution in [2.75, 3.05) is 5.32 Å². The summed E-state index contributed by atoms with van der Waals surface area (Å²) in [7, 11) is 0. The summed E-state index contributed by atoms with van der Waals surface area (Å²) in [5.74, 6) is -0.123. The number of H-pyrrole nitrogens is 1. The topological polar surface area (TPSA) is 86.3 Å². The monoisotopic (exact) mass is 388 g/mol. The Morgan fingerprint density at radius 1 is 1.00 bits per heavy atom. The van der Waals surface area contributed by atoms with Gasteiger partial charge in [0.1, 0.15) is 0 Å². The molecule has 1 aromatic heterocycles. The SMILES string of the molecule is O=C(NN=Cc1c[nH]c2ccccc12)c1ccc(NC(=O)C2CCCCC2)cc1. The fourth-order valence-corrected chi connectivity index (χ4v) is 3.74. The second kappa shape index (κ2) is 8.73. The number of nitrogens with zero attached hydrogens (tertiary/aromatic N) is 1. The molecule has 0 radical (unpaired) electrons. The number of fused-ring (bicyclic) bond motifs is 1. The molecule has 3 N–H and O–H groups in total. The van der Waals surface area contributed by atoms with Crippen LogP contribution in [-0.2, 0) is 4.79 Å². The number of carbonyl (C=O) groups is 2. The Kier molecular flexibility index (Phi) is 5.70. The molecule has 0 aliphatic heterocycles. The summed E-state index contributed by atoms with van der Waals surface area (Å²) in [6.45, 7) is 0. The molecule has 1 heterocycles. The molecule has 1 fully saturated rings. The third kappa shape index (κ3) is 4.54. The van der Waals surface area contributed by atoms with Crippen LogP contribution in [0.15, 0.2) is 59.8 Å². The Morgan fingerprint density at radius 3 is 2.55 bits per heavy atom. The third-order valence-electron chi connectivity index (χ3n) is 5.38. The molecule has 0 bridgehead atoms. The van der Waals surface area contributed by atoms with E-state index in [1.165, 1.54) is 6.42 Å². The van der Waals surface area contributed by atoms with Crippen LogP contribution in [0, 0.1) is 5.92 Å². The summed E-state index contributed by atoms with van der Waals surface area (Å²) >= 11 is 0. The zero-order valence-electron chi connectivity index (χ0n) is 16.2. The lowest BCUT2D eigenvalue weighted by Gasteiger charge is -2.20. The number of benzene rings is 2. The maximum atomic E-state index is 12.3. The molecule has 3 aromatic rings. The highest BCUT2D eigenvalue weighted by atomic mass is 16.2. The van der Waals surface area contributed by atoms with Crippen molar-refractivity contribution in [3.63, 3.8) is 0 Å². The number of nitrogens with one attached hydrogen (secondary N) is 3. The quantitative estimate of drug-likeness (QED) is 0.445. The minimum absolute atomic E-state index is 0.0743. The van der Waals surface area contributed by atoms with E-state index in [9.17, 15) is 9.59 Å². The normalized spacial score (nSPS) is 14.9. The number of hydrazone groups is 1. The molecular formula is C23H24N4O2. The molecule has 4 rings (SSSR count). The lowest BCUT2D eigenvalue weighted by Crippen LogP contribution is -2.24. The summed E-state index contributed by atoms with van der Waals surface area (Å²) in [5, 5.41) is 8.06. The number of rotatable bonds is 5. The van der Waals surface area contributed by atoms with Gasteiger partial charge in [-0.25, -0.2) is 5.43 Å². The molecule has 2 amide bonds. The standard InChI is InChI=1S/C23H24N4O2/c28-22(16-6-2-1-3-7-16)26-19-12-10-17(11-13-19)23(29)27-25-15-18-14-24-21-9-5-4-8-20(18)21/h4-5,8-16,24H,1-3,6-7H2,(H,26,28)(H,27,29). The van der Waals surface area contributed by atoms with Gasteiger partial charge in [-0.2, -0.15) is 5.10 Å². The van der Waals surface area contributed by atoms with Crippen LogP contribution in [0.3, 0.4) is 0 Å². The number of anilines is 1. The van der Waals surface area contributed by atoms with E-state index in [2.05, 4.69) is 20.8 Å². The summed E-state index contributed by atoms with van der Waals surface area (Å²) < 4.78 is 0. The first-order chi connectivity index (χ1) is 14.2. The first-order valence-electron chi connectivity index (χ1n) is 10.0. The Bertz CT molecular complexity index is 1030. The number of amides is 2. The van der Waals surface area contributed by atoms with Crippen LogP contribution in [-0.4, -0.2) is 23.0 Å². The molecule has 0 atom stereocenters. The lowest BCUT2D eigenvalue weighted by molar-refractivity contribution is -0.120. The fraction of sp³-hybridized carbons (Fsp3) is 0.261. The van der Waals surface area contributed by atoms with E-state index in [0.29, 0.717) is 11.3 Å². The van der Waals surface area contributed by atoms with E-state index < -0.39 is 0 Å². The van der Waals surface area contributed by atoms with Crippen molar-refractivity contribution in [2.24, 2.45) is 11.0 Å². The van der Waals surface area contributed by atoms with Crippen LogP contribution < -0.4 is 10.7 Å². The number of aromatic amines is 1. The Morgan fingerprint density at radius 2 is 1.76 bits per heavy atom. The van der Waals surface area contributed by atoms with E-state index in [0.717, 1.165) is 42.1 Å². The Labute approximate surface area is 169 Å². The van der Waals surface area contributed by atoms with Gasteiger partial charge >= 0.3 is 0 Å². The summed E-state index contributed by atoms with van der Waals surface area (Å²) in [6, 6.07) is 14.8. The molecule has 1 saturated carbocycles. The van der Waals surface area contributed by atoms with Crippen LogP contribution >= 0.6 is 0 Å². The van der Waals surface area contributed by atoms with Gasteiger partial charge in [-0.1, -0.05) is 37.5 Å². The second-order valence-electron chi connectivity index (χ2n) is 7.39. The van der Waals surface area contributed by atoms with Gasteiger partial charge in [0.05, 0.1) is 6.21 Å². The first-order valence-corrected chi connectivity index (χ1v) is 10.0. The van der Waals surface area contributed by atoms with Crippen molar-refractivity contribution in [2.45, 2.75) is 32.1 Å². The average Bonchev–Trinajstić information content (AvgIpc) is 3.18. The number of para-hydroxylation sites is 1. The molecule has 148 valence electrons. The largest absolute Gasteiger partial charge is 0.361 e. The van der Waals surface area contributed by atoms with E-state index in [-0.39, 0.29) is 17.7 Å². The van der Waals surface area contributed by atoms with Gasteiger partial charge in [-0.3, -0.25) is 9.59 Å². The zero-order valence-corrected chi connectivity index (χ0v) is 16.2. The van der Waals surface area contributed by atoms with Gasteiger partial charge in [-0.05, 0) is 43.2 Å². The molecule has 1 aliphatic carbocycles. The van der Waals surface area contributed by atoms with Crippen LogP contribution in [0.5, 0.6) is 0 Å². The third-order valence-corrected chi connectivity index (χ3v) is 5.38. The predicted molar refractivity (Wildman–Crippen MR) is 115 cm³/mol. The molecule has 6 heteroatoms. The zero-order chi connectivity index (χ0) is 20.1. The molecule has 1 aliphatic rings. The number of hydrogen-bond acceptors (Lipinski definition) is 3. The molecule has 0 unspecified atom stereocenters. The fourth-order valence-electron chi connectivity index (χ4n) is 3.74.